The summed E-state index contributed by atoms with van der Waals surface area (Å²) in [6.07, 6.45) is 3.97. The molecule has 0 saturated heterocycles. The van der Waals surface area contributed by atoms with Crippen LogP contribution in [0.15, 0.2) is 36.4 Å². The van der Waals surface area contributed by atoms with Gasteiger partial charge >= 0.3 is 0 Å². The summed E-state index contributed by atoms with van der Waals surface area (Å²) in [4.78, 5) is 24.8. The molecule has 2 aromatic rings. The highest BCUT2D eigenvalue weighted by atomic mass is 16.3. The summed E-state index contributed by atoms with van der Waals surface area (Å²) in [5.74, 6) is -0.369. The third-order valence-electron chi connectivity index (χ3n) is 3.44. The van der Waals surface area contributed by atoms with Crippen LogP contribution >= 0.6 is 0 Å². The molecule has 6 nitrogen and oxygen atoms in total. The minimum atomic E-state index is -0.370. The van der Waals surface area contributed by atoms with Crippen molar-refractivity contribution in [3.05, 3.63) is 36.4 Å². The number of unbranched alkanes of at least 4 members (excludes halogenated alkanes) is 1. The van der Waals surface area contributed by atoms with E-state index in [1.54, 1.807) is 4.68 Å². The highest BCUT2D eigenvalue weighted by Crippen LogP contribution is 2.28. The Kier molecular flexibility index (Phi) is 3.53. The quantitative estimate of drug-likeness (QED) is 0.662. The van der Waals surface area contributed by atoms with Gasteiger partial charge in [0.2, 0.25) is 0 Å². The molecule has 0 spiro atoms. The third-order valence-corrected chi connectivity index (χ3v) is 3.44. The number of aliphatic hydroxyl groups excluding tert-OH is 1. The van der Waals surface area contributed by atoms with E-state index in [4.69, 9.17) is 5.11 Å². The Bertz CT molecular complexity index is 715. The van der Waals surface area contributed by atoms with Gasteiger partial charge in [-0.3, -0.25) is 14.3 Å². The fraction of sp³-hybridized carbons (Fsp3) is 0.267. The van der Waals surface area contributed by atoms with E-state index in [1.165, 1.54) is 12.2 Å². The first kappa shape index (κ1) is 13.5. The summed E-state index contributed by atoms with van der Waals surface area (Å²) in [5.41, 5.74) is 0.873. The normalized spacial score (nSPS) is 14.6. The molecule has 1 aliphatic heterocycles. The van der Waals surface area contributed by atoms with Gasteiger partial charge in [-0.15, -0.1) is 0 Å². The lowest BCUT2D eigenvalue weighted by Crippen LogP contribution is -2.30. The molecule has 6 heteroatoms. The maximum Gasteiger partial charge on any atom is 0.259 e. The van der Waals surface area contributed by atoms with Gasteiger partial charge in [0.25, 0.3) is 11.8 Å². The molecule has 3 rings (SSSR count). The number of fused-ring (bicyclic) bond motifs is 1. The lowest BCUT2D eigenvalue weighted by molar-refractivity contribution is -0.120. The number of carbonyl (C=O) groups excluding carboxylic acids is 2. The highest BCUT2D eigenvalue weighted by molar-refractivity contribution is 6.29. The Morgan fingerprint density at radius 1 is 1.05 bits per heavy atom. The Labute approximate surface area is 121 Å². The summed E-state index contributed by atoms with van der Waals surface area (Å²) in [7, 11) is 0. The highest BCUT2D eigenvalue weighted by Gasteiger charge is 2.29. The Balaban J connectivity index is 2.03. The van der Waals surface area contributed by atoms with Gasteiger partial charge in [-0.1, -0.05) is 12.1 Å². The van der Waals surface area contributed by atoms with E-state index in [9.17, 15) is 9.59 Å². The van der Waals surface area contributed by atoms with Crippen LogP contribution in [0, 0.1) is 0 Å². The number of hydrogen-bond donors (Lipinski definition) is 1. The zero-order valence-electron chi connectivity index (χ0n) is 11.4. The van der Waals surface area contributed by atoms with Gasteiger partial charge in [-0.05, 0) is 25.0 Å². The summed E-state index contributed by atoms with van der Waals surface area (Å²) < 4.78 is 1.78. The number of hydrogen-bond acceptors (Lipinski definition) is 4. The SMILES string of the molecule is O=C1C=CC(=O)N1c1nn(CCCCO)c2ccccc12. The summed E-state index contributed by atoms with van der Waals surface area (Å²) in [5, 5.41) is 14.1. The second-order valence-corrected chi connectivity index (χ2v) is 4.84. The van der Waals surface area contributed by atoms with Crippen LogP contribution in [-0.4, -0.2) is 33.3 Å². The predicted molar refractivity (Wildman–Crippen MR) is 77.7 cm³/mol. The molecule has 21 heavy (non-hydrogen) atoms. The second-order valence-electron chi connectivity index (χ2n) is 4.84. The molecule has 1 aliphatic rings. The number of aliphatic hydroxyl groups is 1. The van der Waals surface area contributed by atoms with Crippen molar-refractivity contribution in [2.45, 2.75) is 19.4 Å². The minimum Gasteiger partial charge on any atom is -0.396 e. The van der Waals surface area contributed by atoms with Gasteiger partial charge in [0.05, 0.1) is 5.52 Å². The predicted octanol–water partition coefficient (Wildman–Crippen LogP) is 1.24. The Morgan fingerprint density at radius 3 is 2.48 bits per heavy atom. The van der Waals surface area contributed by atoms with Gasteiger partial charge in [0.1, 0.15) is 0 Å². The number of carbonyl (C=O) groups is 2. The van der Waals surface area contributed by atoms with E-state index >= 15 is 0 Å². The van der Waals surface area contributed by atoms with Gasteiger partial charge < -0.3 is 5.11 Å². The van der Waals surface area contributed by atoms with Gasteiger partial charge in [-0.25, -0.2) is 4.90 Å². The summed E-state index contributed by atoms with van der Waals surface area (Å²) in [6.45, 7) is 0.768. The standard InChI is InChI=1S/C15H15N3O3/c19-10-4-3-9-17-12-6-2-1-5-11(12)15(16-17)18-13(20)7-8-14(18)21/h1-2,5-8,19H,3-4,9-10H2. The van der Waals surface area contributed by atoms with Crippen LogP contribution in [0.4, 0.5) is 5.82 Å². The van der Waals surface area contributed by atoms with Crippen molar-refractivity contribution < 1.29 is 14.7 Å². The zero-order valence-corrected chi connectivity index (χ0v) is 11.4. The van der Waals surface area contributed by atoms with E-state index in [2.05, 4.69) is 5.10 Å². The van der Waals surface area contributed by atoms with Crippen molar-refractivity contribution in [2.24, 2.45) is 0 Å². The number of rotatable bonds is 5. The molecule has 0 saturated carbocycles. The van der Waals surface area contributed by atoms with Gasteiger partial charge in [0, 0.05) is 30.7 Å². The number of nitrogens with zero attached hydrogens (tertiary/aromatic N) is 3. The summed E-state index contributed by atoms with van der Waals surface area (Å²) >= 11 is 0. The lowest BCUT2D eigenvalue weighted by Gasteiger charge is -2.10. The molecular formula is C15H15N3O3. The fourth-order valence-electron chi connectivity index (χ4n) is 2.43. The van der Waals surface area contributed by atoms with Crippen molar-refractivity contribution in [3.8, 4) is 0 Å². The molecule has 0 aliphatic carbocycles. The average Bonchev–Trinajstić information content (AvgIpc) is 3.01. The van der Waals surface area contributed by atoms with Crippen LogP contribution in [-0.2, 0) is 16.1 Å². The van der Waals surface area contributed by atoms with E-state index in [0.717, 1.165) is 22.2 Å². The largest absolute Gasteiger partial charge is 0.396 e. The van der Waals surface area contributed by atoms with E-state index in [1.807, 2.05) is 24.3 Å². The number of para-hydroxylation sites is 1. The molecular weight excluding hydrogens is 270 g/mol. The van der Waals surface area contributed by atoms with Gasteiger partial charge in [-0.2, -0.15) is 5.10 Å². The van der Waals surface area contributed by atoms with Crippen LogP contribution in [0.3, 0.4) is 0 Å². The van der Waals surface area contributed by atoms with Crippen molar-refractivity contribution in [1.82, 2.24) is 9.78 Å². The van der Waals surface area contributed by atoms with Crippen LogP contribution in [0.25, 0.3) is 10.9 Å². The number of imide groups is 1. The van der Waals surface area contributed by atoms with Crippen molar-refractivity contribution in [1.29, 1.82) is 0 Å². The van der Waals surface area contributed by atoms with Crippen LogP contribution in [0.1, 0.15) is 12.8 Å². The summed E-state index contributed by atoms with van der Waals surface area (Å²) in [6, 6.07) is 7.49. The number of anilines is 1. The molecule has 0 unspecified atom stereocenters. The van der Waals surface area contributed by atoms with E-state index in [0.29, 0.717) is 18.8 Å². The number of aromatic nitrogens is 2. The molecule has 2 amide bonds. The number of amides is 2. The van der Waals surface area contributed by atoms with Crippen LogP contribution < -0.4 is 4.90 Å². The van der Waals surface area contributed by atoms with Gasteiger partial charge in [0.15, 0.2) is 5.82 Å². The monoisotopic (exact) mass is 285 g/mol. The number of aryl methyl sites for hydroxylation is 1. The smallest absolute Gasteiger partial charge is 0.259 e. The molecule has 1 aromatic carbocycles. The molecule has 0 fully saturated rings. The molecule has 108 valence electrons. The zero-order chi connectivity index (χ0) is 14.8. The van der Waals surface area contributed by atoms with Crippen LogP contribution in [0.5, 0.6) is 0 Å². The molecule has 1 aromatic heterocycles. The first-order valence-corrected chi connectivity index (χ1v) is 6.85. The number of benzene rings is 1. The maximum atomic E-state index is 11.8. The average molecular weight is 285 g/mol. The molecule has 0 atom stereocenters. The first-order chi connectivity index (χ1) is 10.2. The van der Waals surface area contributed by atoms with Crippen molar-refractivity contribution in [2.75, 3.05) is 11.5 Å². The van der Waals surface area contributed by atoms with E-state index < -0.39 is 0 Å². The lowest BCUT2D eigenvalue weighted by atomic mass is 10.2. The topological polar surface area (TPSA) is 75.4 Å². The third kappa shape index (κ3) is 2.34. The molecule has 0 radical (unpaired) electrons. The maximum absolute atomic E-state index is 11.8. The van der Waals surface area contributed by atoms with Crippen LogP contribution in [0.2, 0.25) is 0 Å². The molecule has 0 bridgehead atoms. The van der Waals surface area contributed by atoms with Crippen molar-refractivity contribution in [3.63, 3.8) is 0 Å². The Morgan fingerprint density at radius 2 is 1.76 bits per heavy atom. The Hall–Kier alpha value is -2.47. The molecule has 2 heterocycles. The van der Waals surface area contributed by atoms with Crippen molar-refractivity contribution >= 4 is 28.5 Å². The minimum absolute atomic E-state index is 0.138. The fourth-order valence-corrected chi connectivity index (χ4v) is 2.43. The van der Waals surface area contributed by atoms with E-state index in [-0.39, 0.29) is 18.4 Å². The second kappa shape index (κ2) is 5.49. The first-order valence-electron chi connectivity index (χ1n) is 6.85. The molecule has 1 N–H and O–H groups in total.